The number of aliphatic hydroxyl groups is 1. The lowest BCUT2D eigenvalue weighted by molar-refractivity contribution is -0.272. The van der Waals surface area contributed by atoms with Gasteiger partial charge in [0.1, 0.15) is 5.75 Å². The summed E-state index contributed by atoms with van der Waals surface area (Å²) in [6, 6.07) is 5.59. The third kappa shape index (κ3) is 3.77. The summed E-state index contributed by atoms with van der Waals surface area (Å²) in [5.41, 5.74) is -0.914. The highest BCUT2D eigenvalue weighted by molar-refractivity contribution is 5.78. The van der Waals surface area contributed by atoms with E-state index in [0.29, 0.717) is 5.75 Å². The standard InChI is InChI=1S/C16H20F3NO3/c1-11-4-3-5-12(2)14(11)23-10-13(21)20-8-6-15(22,7-9-20)16(17,18)19/h3-5,22H,6-10H2,1-2H3. The quantitative estimate of drug-likeness (QED) is 0.926. The van der Waals surface area contributed by atoms with E-state index in [0.717, 1.165) is 11.1 Å². The van der Waals surface area contributed by atoms with Gasteiger partial charge in [-0.05, 0) is 25.0 Å². The zero-order chi connectivity index (χ0) is 17.3. The van der Waals surface area contributed by atoms with E-state index >= 15 is 0 Å². The molecule has 1 N–H and O–H groups in total. The van der Waals surface area contributed by atoms with Gasteiger partial charge in [-0.15, -0.1) is 0 Å². The summed E-state index contributed by atoms with van der Waals surface area (Å²) < 4.78 is 43.7. The van der Waals surface area contributed by atoms with Gasteiger partial charge in [0.25, 0.3) is 5.91 Å². The number of hydrogen-bond donors (Lipinski definition) is 1. The van der Waals surface area contributed by atoms with Gasteiger partial charge in [-0.25, -0.2) is 0 Å². The number of piperidine rings is 1. The maximum absolute atomic E-state index is 12.7. The Bertz CT molecular complexity index is 558. The lowest BCUT2D eigenvalue weighted by Crippen LogP contribution is -2.54. The van der Waals surface area contributed by atoms with Crippen molar-refractivity contribution in [3.63, 3.8) is 0 Å². The molecule has 0 unspecified atom stereocenters. The van der Waals surface area contributed by atoms with Gasteiger partial charge in [-0.2, -0.15) is 13.2 Å². The number of rotatable bonds is 3. The Labute approximate surface area is 132 Å². The minimum Gasteiger partial charge on any atom is -0.483 e. The summed E-state index contributed by atoms with van der Waals surface area (Å²) in [4.78, 5) is 13.4. The number of halogens is 3. The van der Waals surface area contributed by atoms with Gasteiger partial charge in [-0.1, -0.05) is 18.2 Å². The fourth-order valence-corrected chi connectivity index (χ4v) is 2.66. The molecule has 0 saturated carbocycles. The highest BCUT2D eigenvalue weighted by Crippen LogP contribution is 2.38. The molecule has 1 amide bonds. The van der Waals surface area contributed by atoms with Crippen molar-refractivity contribution in [1.82, 2.24) is 4.90 Å². The molecule has 0 radical (unpaired) electrons. The number of carbonyl (C=O) groups is 1. The Hall–Kier alpha value is -1.76. The van der Waals surface area contributed by atoms with Gasteiger partial charge in [0.05, 0.1) is 0 Å². The van der Waals surface area contributed by atoms with E-state index in [1.807, 2.05) is 32.0 Å². The third-order valence-corrected chi connectivity index (χ3v) is 4.22. The molecule has 1 aromatic carbocycles. The van der Waals surface area contributed by atoms with Crippen LogP contribution in [0.5, 0.6) is 5.75 Å². The third-order valence-electron chi connectivity index (χ3n) is 4.22. The maximum Gasteiger partial charge on any atom is 0.417 e. The SMILES string of the molecule is Cc1cccc(C)c1OCC(=O)N1CCC(O)(C(F)(F)F)CC1. The molecule has 1 fully saturated rings. The van der Waals surface area contributed by atoms with Crippen molar-refractivity contribution in [3.8, 4) is 5.75 Å². The zero-order valence-corrected chi connectivity index (χ0v) is 13.1. The van der Waals surface area contributed by atoms with Crippen LogP contribution in [0.4, 0.5) is 13.2 Å². The van der Waals surface area contributed by atoms with Crippen LogP contribution in [0.15, 0.2) is 18.2 Å². The highest BCUT2D eigenvalue weighted by atomic mass is 19.4. The molecule has 0 spiro atoms. The van der Waals surface area contributed by atoms with Gasteiger partial charge in [0.2, 0.25) is 0 Å². The monoisotopic (exact) mass is 331 g/mol. The highest BCUT2D eigenvalue weighted by Gasteiger charge is 2.54. The molecule has 0 aliphatic carbocycles. The molecule has 0 bridgehead atoms. The lowest BCUT2D eigenvalue weighted by atomic mass is 9.91. The van der Waals surface area contributed by atoms with Crippen LogP contribution in [-0.4, -0.2) is 47.4 Å². The van der Waals surface area contributed by atoms with Crippen molar-refractivity contribution in [2.45, 2.75) is 38.5 Å². The minimum atomic E-state index is -4.67. The van der Waals surface area contributed by atoms with Gasteiger partial charge in [0, 0.05) is 25.9 Å². The predicted octanol–water partition coefficient (Wildman–Crippen LogP) is 2.60. The lowest BCUT2D eigenvalue weighted by Gasteiger charge is -2.39. The molecule has 1 aliphatic heterocycles. The van der Waals surface area contributed by atoms with Crippen molar-refractivity contribution >= 4 is 5.91 Å². The number of nitrogens with zero attached hydrogens (tertiary/aromatic N) is 1. The first-order valence-electron chi connectivity index (χ1n) is 7.40. The van der Waals surface area contributed by atoms with E-state index in [1.54, 1.807) is 0 Å². The Balaban J connectivity index is 1.91. The van der Waals surface area contributed by atoms with E-state index in [9.17, 15) is 23.1 Å². The number of para-hydroxylation sites is 1. The first kappa shape index (κ1) is 17.6. The first-order valence-corrected chi connectivity index (χ1v) is 7.40. The van der Waals surface area contributed by atoms with Gasteiger partial charge >= 0.3 is 6.18 Å². The minimum absolute atomic E-state index is 0.134. The number of amides is 1. The van der Waals surface area contributed by atoms with Crippen LogP contribution in [0.3, 0.4) is 0 Å². The summed E-state index contributed by atoms with van der Waals surface area (Å²) >= 11 is 0. The van der Waals surface area contributed by atoms with Crippen LogP contribution >= 0.6 is 0 Å². The van der Waals surface area contributed by atoms with Crippen molar-refractivity contribution in [1.29, 1.82) is 0 Å². The number of carbonyl (C=O) groups excluding carboxylic acids is 1. The molecule has 0 aromatic heterocycles. The van der Waals surface area contributed by atoms with Crippen molar-refractivity contribution in [3.05, 3.63) is 29.3 Å². The van der Waals surface area contributed by atoms with E-state index < -0.39 is 24.6 Å². The average Bonchev–Trinajstić information content (AvgIpc) is 2.46. The number of aryl methyl sites for hydroxylation is 2. The molecule has 23 heavy (non-hydrogen) atoms. The number of hydrogen-bond acceptors (Lipinski definition) is 3. The Morgan fingerprint density at radius 3 is 2.26 bits per heavy atom. The Morgan fingerprint density at radius 1 is 1.26 bits per heavy atom. The largest absolute Gasteiger partial charge is 0.483 e. The summed E-state index contributed by atoms with van der Waals surface area (Å²) in [7, 11) is 0. The van der Waals surface area contributed by atoms with Crippen molar-refractivity contribution in [2.24, 2.45) is 0 Å². The van der Waals surface area contributed by atoms with Crippen LogP contribution in [0, 0.1) is 13.8 Å². The van der Waals surface area contributed by atoms with Crippen LogP contribution < -0.4 is 4.74 Å². The Morgan fingerprint density at radius 2 is 1.78 bits per heavy atom. The number of alkyl halides is 3. The molecule has 1 aliphatic rings. The molecule has 2 rings (SSSR count). The van der Waals surface area contributed by atoms with Crippen LogP contribution in [0.2, 0.25) is 0 Å². The maximum atomic E-state index is 12.7. The van der Waals surface area contributed by atoms with Gasteiger partial charge < -0.3 is 14.7 Å². The Kier molecular flexibility index (Phi) is 4.89. The van der Waals surface area contributed by atoms with E-state index in [1.165, 1.54) is 4.90 Å². The summed E-state index contributed by atoms with van der Waals surface area (Å²) in [6.07, 6.45) is -5.69. The van der Waals surface area contributed by atoms with Crippen molar-refractivity contribution in [2.75, 3.05) is 19.7 Å². The topological polar surface area (TPSA) is 49.8 Å². The fourth-order valence-electron chi connectivity index (χ4n) is 2.66. The van der Waals surface area contributed by atoms with E-state index in [-0.39, 0.29) is 25.6 Å². The van der Waals surface area contributed by atoms with Crippen molar-refractivity contribution < 1.29 is 27.8 Å². The first-order chi connectivity index (χ1) is 10.6. The molecule has 1 heterocycles. The second kappa shape index (κ2) is 6.39. The molecule has 0 atom stereocenters. The fraction of sp³-hybridized carbons (Fsp3) is 0.562. The number of benzene rings is 1. The number of ether oxygens (including phenoxy) is 1. The molecule has 4 nitrogen and oxygen atoms in total. The van der Waals surface area contributed by atoms with E-state index in [2.05, 4.69) is 0 Å². The summed E-state index contributed by atoms with van der Waals surface area (Å²) in [5, 5.41) is 9.59. The van der Waals surface area contributed by atoms with Gasteiger partial charge in [-0.3, -0.25) is 4.79 Å². The second-order valence-corrected chi connectivity index (χ2v) is 5.92. The zero-order valence-electron chi connectivity index (χ0n) is 13.1. The smallest absolute Gasteiger partial charge is 0.417 e. The molecular formula is C16H20F3NO3. The number of likely N-dealkylation sites (tertiary alicyclic amines) is 1. The predicted molar refractivity (Wildman–Crippen MR) is 78.2 cm³/mol. The molecular weight excluding hydrogens is 311 g/mol. The van der Waals surface area contributed by atoms with Crippen LogP contribution in [-0.2, 0) is 4.79 Å². The van der Waals surface area contributed by atoms with Crippen LogP contribution in [0.25, 0.3) is 0 Å². The average molecular weight is 331 g/mol. The van der Waals surface area contributed by atoms with Crippen LogP contribution in [0.1, 0.15) is 24.0 Å². The summed E-state index contributed by atoms with van der Waals surface area (Å²) in [5.74, 6) is 0.238. The molecule has 1 saturated heterocycles. The summed E-state index contributed by atoms with van der Waals surface area (Å²) in [6.45, 7) is 3.22. The molecule has 1 aromatic rings. The normalized spacial score (nSPS) is 17.9. The molecule has 7 heteroatoms. The van der Waals surface area contributed by atoms with E-state index in [4.69, 9.17) is 4.74 Å². The van der Waals surface area contributed by atoms with Gasteiger partial charge in [0.15, 0.2) is 12.2 Å². The second-order valence-electron chi connectivity index (χ2n) is 5.92. The molecule has 128 valence electrons.